The van der Waals surface area contributed by atoms with Crippen molar-refractivity contribution in [1.82, 2.24) is 4.57 Å². The van der Waals surface area contributed by atoms with Crippen LogP contribution in [0.5, 0.6) is 5.75 Å². The number of carbonyl (C=O) groups is 2. The normalized spacial score (nSPS) is 12.4. The summed E-state index contributed by atoms with van der Waals surface area (Å²) in [7, 11) is -2.54. The molecule has 0 amide bonds. The van der Waals surface area contributed by atoms with E-state index < -0.39 is 27.9 Å². The lowest BCUT2D eigenvalue weighted by Gasteiger charge is -2.28. The fourth-order valence-corrected chi connectivity index (χ4v) is 4.66. The molecule has 31 heavy (non-hydrogen) atoms. The highest BCUT2D eigenvalue weighted by Crippen LogP contribution is 2.27. The van der Waals surface area contributed by atoms with E-state index in [1.807, 2.05) is 6.92 Å². The number of hydrogen-bond acceptors (Lipinski definition) is 6. The van der Waals surface area contributed by atoms with E-state index >= 15 is 0 Å². The summed E-state index contributed by atoms with van der Waals surface area (Å²) in [6.07, 6.45) is 2.43. The van der Waals surface area contributed by atoms with Crippen LogP contribution in [0, 0.1) is 0 Å². The third-order valence-electron chi connectivity index (χ3n) is 4.82. The number of methoxy groups -OCH3 is 1. The second-order valence-corrected chi connectivity index (χ2v) is 8.78. The van der Waals surface area contributed by atoms with Gasteiger partial charge in [-0.15, -0.1) is 0 Å². The highest BCUT2D eigenvalue weighted by Gasteiger charge is 2.31. The van der Waals surface area contributed by atoms with E-state index in [1.165, 1.54) is 24.8 Å². The predicted octanol–water partition coefficient (Wildman–Crippen LogP) is 3.32. The van der Waals surface area contributed by atoms with Crippen LogP contribution in [0.4, 0.5) is 5.69 Å². The number of sulfonamides is 1. The van der Waals surface area contributed by atoms with Gasteiger partial charge in [-0.2, -0.15) is 0 Å². The maximum atomic E-state index is 13.4. The second-order valence-electron chi connectivity index (χ2n) is 6.92. The molecule has 0 radical (unpaired) electrons. The van der Waals surface area contributed by atoms with Gasteiger partial charge in [-0.05, 0) is 44.2 Å². The lowest BCUT2D eigenvalue weighted by atomic mass is 10.2. The SMILES string of the molecule is CCOc1ccc(N([C@H](C)C(=O)n2cc(C(=O)OC)c3ccccc32)S(C)(=O)=O)cc1. The van der Waals surface area contributed by atoms with E-state index in [1.54, 1.807) is 48.5 Å². The Kier molecular flexibility index (Phi) is 6.35. The van der Waals surface area contributed by atoms with Crippen molar-refractivity contribution in [3.05, 3.63) is 60.3 Å². The number of aromatic nitrogens is 1. The molecule has 0 aliphatic carbocycles. The van der Waals surface area contributed by atoms with Gasteiger partial charge in [0, 0.05) is 11.6 Å². The highest BCUT2D eigenvalue weighted by atomic mass is 32.2. The van der Waals surface area contributed by atoms with Crippen molar-refractivity contribution < 1.29 is 27.5 Å². The zero-order chi connectivity index (χ0) is 22.8. The Hall–Kier alpha value is -3.33. The lowest BCUT2D eigenvalue weighted by molar-refractivity contribution is 0.0603. The molecule has 0 saturated carbocycles. The molecule has 1 atom stereocenters. The van der Waals surface area contributed by atoms with Crippen LogP contribution in [0.15, 0.2) is 54.7 Å². The molecule has 3 aromatic rings. The second kappa shape index (κ2) is 8.81. The summed E-state index contributed by atoms with van der Waals surface area (Å²) >= 11 is 0. The van der Waals surface area contributed by atoms with E-state index in [0.29, 0.717) is 28.9 Å². The Bertz CT molecular complexity index is 1210. The fraction of sp³-hybridized carbons (Fsp3) is 0.273. The van der Waals surface area contributed by atoms with E-state index in [0.717, 1.165) is 10.6 Å². The molecule has 0 saturated heterocycles. The quantitative estimate of drug-likeness (QED) is 0.519. The first kappa shape index (κ1) is 22.4. The number of esters is 1. The summed E-state index contributed by atoms with van der Waals surface area (Å²) < 4.78 is 37.8. The first-order chi connectivity index (χ1) is 14.7. The number of rotatable bonds is 7. The summed E-state index contributed by atoms with van der Waals surface area (Å²) in [5.41, 5.74) is 1.04. The van der Waals surface area contributed by atoms with E-state index in [2.05, 4.69) is 0 Å². The first-order valence-corrected chi connectivity index (χ1v) is 11.5. The third kappa shape index (κ3) is 4.41. The molecule has 0 bridgehead atoms. The van der Waals surface area contributed by atoms with Crippen molar-refractivity contribution in [1.29, 1.82) is 0 Å². The molecule has 1 aromatic heterocycles. The molecule has 0 unspecified atom stereocenters. The maximum Gasteiger partial charge on any atom is 0.340 e. The molecule has 3 rings (SSSR count). The molecule has 0 spiro atoms. The monoisotopic (exact) mass is 444 g/mol. The standard InChI is InChI=1S/C22H24N2O6S/c1-5-30-17-12-10-16(11-13-17)24(31(4,27)28)15(2)21(25)23-14-19(22(26)29-3)18-8-6-7-9-20(18)23/h6-15H,5H2,1-4H3/t15-/m1/s1. The van der Waals surface area contributed by atoms with E-state index in [4.69, 9.17) is 9.47 Å². The van der Waals surface area contributed by atoms with Gasteiger partial charge in [0.15, 0.2) is 0 Å². The summed E-state index contributed by atoms with van der Waals surface area (Å²) in [6.45, 7) is 3.83. The van der Waals surface area contributed by atoms with Crippen LogP contribution in [-0.2, 0) is 14.8 Å². The Morgan fingerprint density at radius 2 is 1.74 bits per heavy atom. The van der Waals surface area contributed by atoms with Crippen molar-refractivity contribution in [3.63, 3.8) is 0 Å². The topological polar surface area (TPSA) is 94.9 Å². The van der Waals surface area contributed by atoms with Gasteiger partial charge in [-0.1, -0.05) is 18.2 Å². The Morgan fingerprint density at radius 1 is 1.10 bits per heavy atom. The minimum atomic E-state index is -3.80. The molecular weight excluding hydrogens is 420 g/mol. The maximum absolute atomic E-state index is 13.4. The molecular formula is C22H24N2O6S. The van der Waals surface area contributed by atoms with E-state index in [-0.39, 0.29) is 5.56 Å². The highest BCUT2D eigenvalue weighted by molar-refractivity contribution is 7.92. The van der Waals surface area contributed by atoms with Crippen LogP contribution in [0.3, 0.4) is 0 Å². The van der Waals surface area contributed by atoms with Gasteiger partial charge in [0.05, 0.1) is 36.7 Å². The van der Waals surface area contributed by atoms with Gasteiger partial charge in [0.2, 0.25) is 10.0 Å². The zero-order valence-electron chi connectivity index (χ0n) is 17.7. The zero-order valence-corrected chi connectivity index (χ0v) is 18.5. The molecule has 2 aromatic carbocycles. The number of carbonyl (C=O) groups excluding carboxylic acids is 2. The minimum Gasteiger partial charge on any atom is -0.494 e. The fourth-order valence-electron chi connectivity index (χ4n) is 3.49. The number of benzene rings is 2. The average Bonchev–Trinajstić information content (AvgIpc) is 3.13. The molecule has 164 valence electrons. The van der Waals surface area contributed by atoms with Crippen molar-refractivity contribution in [2.24, 2.45) is 0 Å². The number of nitrogens with zero attached hydrogens (tertiary/aromatic N) is 2. The Balaban J connectivity index is 2.06. The van der Waals surface area contributed by atoms with Crippen molar-refractivity contribution in [3.8, 4) is 5.75 Å². The molecule has 9 heteroatoms. The summed E-state index contributed by atoms with van der Waals surface area (Å²) in [5.74, 6) is -0.495. The number of hydrogen-bond donors (Lipinski definition) is 0. The largest absolute Gasteiger partial charge is 0.494 e. The smallest absolute Gasteiger partial charge is 0.340 e. The number of para-hydroxylation sites is 1. The van der Waals surface area contributed by atoms with Gasteiger partial charge in [0.1, 0.15) is 11.8 Å². The first-order valence-electron chi connectivity index (χ1n) is 9.64. The van der Waals surface area contributed by atoms with Gasteiger partial charge in [-0.25, -0.2) is 13.2 Å². The average molecular weight is 445 g/mol. The van der Waals surface area contributed by atoms with Crippen LogP contribution in [0.2, 0.25) is 0 Å². The predicted molar refractivity (Wildman–Crippen MR) is 118 cm³/mol. The molecule has 8 nitrogen and oxygen atoms in total. The molecule has 0 N–H and O–H groups in total. The van der Waals surface area contributed by atoms with Crippen molar-refractivity contribution in [2.75, 3.05) is 24.3 Å². The Labute approximate surface area is 181 Å². The van der Waals surface area contributed by atoms with Crippen LogP contribution >= 0.6 is 0 Å². The third-order valence-corrected chi connectivity index (χ3v) is 6.06. The Morgan fingerprint density at radius 3 is 2.32 bits per heavy atom. The summed E-state index contributed by atoms with van der Waals surface area (Å²) in [4.78, 5) is 25.6. The summed E-state index contributed by atoms with van der Waals surface area (Å²) in [5, 5.41) is 0.543. The van der Waals surface area contributed by atoms with Crippen LogP contribution in [0.25, 0.3) is 10.9 Å². The van der Waals surface area contributed by atoms with Gasteiger partial charge in [0.25, 0.3) is 5.91 Å². The van der Waals surface area contributed by atoms with Crippen molar-refractivity contribution >= 4 is 38.5 Å². The molecule has 0 aliphatic heterocycles. The van der Waals surface area contributed by atoms with Gasteiger partial charge < -0.3 is 9.47 Å². The minimum absolute atomic E-state index is 0.227. The van der Waals surface area contributed by atoms with Crippen LogP contribution < -0.4 is 9.04 Å². The molecule has 0 aliphatic rings. The number of ether oxygens (including phenoxy) is 2. The number of anilines is 1. The molecule has 0 fully saturated rings. The molecule has 1 heterocycles. The number of fused-ring (bicyclic) bond motifs is 1. The van der Waals surface area contributed by atoms with Crippen LogP contribution in [-0.4, -0.2) is 50.9 Å². The summed E-state index contributed by atoms with van der Waals surface area (Å²) in [6, 6.07) is 12.3. The lowest BCUT2D eigenvalue weighted by Crippen LogP contribution is -2.44. The van der Waals surface area contributed by atoms with Gasteiger partial charge in [-0.3, -0.25) is 13.7 Å². The van der Waals surface area contributed by atoms with Crippen molar-refractivity contribution in [2.45, 2.75) is 19.9 Å². The van der Waals surface area contributed by atoms with Crippen LogP contribution in [0.1, 0.15) is 29.0 Å². The van der Waals surface area contributed by atoms with Gasteiger partial charge >= 0.3 is 5.97 Å². The van der Waals surface area contributed by atoms with E-state index in [9.17, 15) is 18.0 Å².